The first-order valence-corrected chi connectivity index (χ1v) is 17.5. The van der Waals surface area contributed by atoms with Gasteiger partial charge in [-0.15, -0.1) is 10.2 Å². The van der Waals surface area contributed by atoms with Gasteiger partial charge in [0, 0.05) is 28.4 Å². The van der Waals surface area contributed by atoms with E-state index in [2.05, 4.69) is 76.4 Å². The van der Waals surface area contributed by atoms with E-state index in [1.165, 1.54) is 28.5 Å². The Morgan fingerprint density at radius 1 is 0.938 bits per heavy atom. The van der Waals surface area contributed by atoms with Gasteiger partial charge in [0.05, 0.1) is 12.5 Å². The van der Waals surface area contributed by atoms with Crippen LogP contribution in [0.4, 0.5) is 5.69 Å². The number of carbonyl (C=O) groups is 1. The molecule has 6 rings (SSSR count). The summed E-state index contributed by atoms with van der Waals surface area (Å²) in [7, 11) is 0. The summed E-state index contributed by atoms with van der Waals surface area (Å²) in [5, 5.41) is 22.9. The number of ether oxygens (including phenoxy) is 2. The molecule has 1 aliphatic carbocycles. The van der Waals surface area contributed by atoms with Crippen LogP contribution in [0.3, 0.4) is 0 Å². The smallest absolute Gasteiger partial charge is 0.310 e. The van der Waals surface area contributed by atoms with E-state index in [9.17, 15) is 9.90 Å². The fourth-order valence-electron chi connectivity index (χ4n) is 6.21. The molecule has 1 unspecified atom stereocenters. The van der Waals surface area contributed by atoms with E-state index in [1.807, 2.05) is 49.4 Å². The van der Waals surface area contributed by atoms with Gasteiger partial charge in [0.25, 0.3) is 0 Å². The maximum atomic E-state index is 11.6. The molecule has 248 valence electrons. The number of hydrogen-bond donors (Lipinski definition) is 2. The summed E-state index contributed by atoms with van der Waals surface area (Å²) in [6, 6.07) is 28.2. The van der Waals surface area contributed by atoms with Gasteiger partial charge in [-0.25, -0.2) is 0 Å². The minimum Gasteiger partial charge on any atom is -0.493 e. The molecule has 8 nitrogen and oxygen atoms in total. The normalized spacial score (nSPS) is 12.8. The fraction of sp³-hybridized carbons (Fsp3) is 0.308. The number of rotatable bonds is 15. The molecule has 1 atom stereocenters. The Labute approximate surface area is 286 Å². The van der Waals surface area contributed by atoms with Crippen LogP contribution < -0.4 is 14.8 Å². The summed E-state index contributed by atoms with van der Waals surface area (Å²) >= 11 is 1.54. The lowest BCUT2D eigenvalue weighted by Crippen LogP contribution is -2.10. The van der Waals surface area contributed by atoms with Crippen LogP contribution in [0, 0.1) is 6.92 Å². The number of aryl methyl sites for hydroxylation is 1. The zero-order valence-electron chi connectivity index (χ0n) is 27.7. The van der Waals surface area contributed by atoms with Crippen molar-refractivity contribution < 1.29 is 19.4 Å². The highest BCUT2D eigenvalue weighted by Gasteiger charge is 2.21. The Kier molecular flexibility index (Phi) is 10.7. The van der Waals surface area contributed by atoms with Crippen molar-refractivity contribution in [2.45, 2.75) is 82.0 Å². The number of hydrogen-bond acceptors (Lipinski definition) is 7. The summed E-state index contributed by atoms with van der Waals surface area (Å²) in [5.74, 6) is 1.19. The first-order chi connectivity index (χ1) is 23.4. The summed E-state index contributed by atoms with van der Waals surface area (Å²) in [4.78, 5) is 12.6. The molecule has 48 heavy (non-hydrogen) atoms. The molecule has 0 spiro atoms. The van der Waals surface area contributed by atoms with Crippen LogP contribution in [0.15, 0.2) is 95.0 Å². The lowest BCUT2D eigenvalue weighted by atomic mass is 9.96. The molecule has 1 aromatic heterocycles. The average molecular weight is 663 g/mol. The van der Waals surface area contributed by atoms with Crippen LogP contribution in [-0.2, 0) is 30.8 Å². The zero-order chi connectivity index (χ0) is 33.5. The quantitative estimate of drug-likeness (QED) is 0.115. The topological polar surface area (TPSA) is 98.5 Å². The molecule has 0 fully saturated rings. The molecule has 0 saturated heterocycles. The molecule has 0 aliphatic heterocycles. The van der Waals surface area contributed by atoms with Crippen LogP contribution in [0.25, 0.3) is 5.69 Å². The number of aromatic nitrogens is 3. The van der Waals surface area contributed by atoms with Crippen molar-refractivity contribution in [2.75, 3.05) is 11.9 Å². The van der Waals surface area contributed by atoms with Gasteiger partial charge < -0.3 is 19.9 Å². The standard InChI is InChI=1S/C39H42N4O4S/c1-4-22-46-36-23-31(20-17-28(36)24-40-29-18-15-27(16-19-29)32(5-2)38(44)45)48-39-42-41-37(43(39)30-10-7-6-8-11-30)25-47-35-21-14-26(3)33-12-9-13-34(33)35/h6-8,10-11,14-21,23,32,40H,4-5,9,12-13,22,24-25H2,1-3H3,(H,44,45). The fourth-order valence-corrected chi connectivity index (χ4v) is 7.10. The van der Waals surface area contributed by atoms with Crippen LogP contribution in [-0.4, -0.2) is 32.4 Å². The predicted molar refractivity (Wildman–Crippen MR) is 190 cm³/mol. The highest BCUT2D eigenvalue weighted by Crippen LogP contribution is 2.36. The molecular formula is C39H42N4O4S. The summed E-state index contributed by atoms with van der Waals surface area (Å²) in [5.41, 5.74) is 7.80. The largest absolute Gasteiger partial charge is 0.493 e. The highest BCUT2D eigenvalue weighted by atomic mass is 32.2. The van der Waals surface area contributed by atoms with Crippen molar-refractivity contribution in [2.24, 2.45) is 0 Å². The average Bonchev–Trinajstić information content (AvgIpc) is 3.76. The van der Waals surface area contributed by atoms with E-state index in [0.717, 1.165) is 75.6 Å². The minimum absolute atomic E-state index is 0.309. The van der Waals surface area contributed by atoms with Gasteiger partial charge in [0.2, 0.25) is 5.16 Å². The van der Waals surface area contributed by atoms with Gasteiger partial charge >= 0.3 is 5.97 Å². The lowest BCUT2D eigenvalue weighted by molar-refractivity contribution is -0.138. The summed E-state index contributed by atoms with van der Waals surface area (Å²) < 4.78 is 14.7. The number of para-hydroxylation sites is 1. The van der Waals surface area contributed by atoms with E-state index < -0.39 is 11.9 Å². The Balaban J connectivity index is 1.21. The highest BCUT2D eigenvalue weighted by molar-refractivity contribution is 7.99. The van der Waals surface area contributed by atoms with Crippen molar-refractivity contribution in [3.63, 3.8) is 0 Å². The molecule has 1 heterocycles. The van der Waals surface area contributed by atoms with E-state index >= 15 is 0 Å². The number of nitrogens with one attached hydrogen (secondary N) is 1. The van der Waals surface area contributed by atoms with Crippen LogP contribution in [0.1, 0.15) is 72.7 Å². The van der Waals surface area contributed by atoms with Gasteiger partial charge in [0.1, 0.15) is 18.1 Å². The molecule has 0 saturated carbocycles. The first kappa shape index (κ1) is 33.2. The maximum Gasteiger partial charge on any atom is 0.310 e. The maximum absolute atomic E-state index is 11.6. The molecule has 0 radical (unpaired) electrons. The molecule has 1 aliphatic rings. The van der Waals surface area contributed by atoms with Gasteiger partial charge in [-0.2, -0.15) is 0 Å². The molecule has 5 aromatic rings. The van der Waals surface area contributed by atoms with Gasteiger partial charge in [-0.05, 0) is 116 Å². The van der Waals surface area contributed by atoms with E-state index in [-0.39, 0.29) is 0 Å². The molecule has 0 amide bonds. The van der Waals surface area contributed by atoms with Gasteiger partial charge in [0.15, 0.2) is 5.82 Å². The van der Waals surface area contributed by atoms with Crippen molar-refractivity contribution >= 4 is 23.4 Å². The van der Waals surface area contributed by atoms with E-state index in [1.54, 1.807) is 0 Å². The Morgan fingerprint density at radius 3 is 2.48 bits per heavy atom. The lowest BCUT2D eigenvalue weighted by Gasteiger charge is -2.16. The summed E-state index contributed by atoms with van der Waals surface area (Å²) in [6.07, 6.45) is 4.77. The third-order valence-corrected chi connectivity index (χ3v) is 9.70. The number of carboxylic acids is 1. The van der Waals surface area contributed by atoms with E-state index in [0.29, 0.717) is 26.2 Å². The summed E-state index contributed by atoms with van der Waals surface area (Å²) in [6.45, 7) is 7.63. The number of aliphatic carboxylic acids is 1. The molecular weight excluding hydrogens is 621 g/mol. The predicted octanol–water partition coefficient (Wildman–Crippen LogP) is 8.77. The van der Waals surface area contributed by atoms with E-state index in [4.69, 9.17) is 9.47 Å². The number of benzene rings is 4. The Morgan fingerprint density at radius 2 is 1.73 bits per heavy atom. The zero-order valence-corrected chi connectivity index (χ0v) is 28.6. The second-order valence-electron chi connectivity index (χ2n) is 12.0. The van der Waals surface area contributed by atoms with Crippen molar-refractivity contribution in [1.29, 1.82) is 0 Å². The molecule has 0 bridgehead atoms. The molecule has 2 N–H and O–H groups in total. The van der Waals surface area contributed by atoms with Crippen LogP contribution in [0.5, 0.6) is 11.5 Å². The van der Waals surface area contributed by atoms with Gasteiger partial charge in [-0.3, -0.25) is 9.36 Å². The number of nitrogens with zero attached hydrogens (tertiary/aromatic N) is 3. The Bertz CT molecular complexity index is 1860. The third-order valence-electron chi connectivity index (χ3n) is 8.76. The number of anilines is 1. The minimum atomic E-state index is -0.800. The van der Waals surface area contributed by atoms with Crippen LogP contribution >= 0.6 is 11.8 Å². The van der Waals surface area contributed by atoms with Crippen molar-refractivity contribution in [3.8, 4) is 17.2 Å². The van der Waals surface area contributed by atoms with Crippen molar-refractivity contribution in [1.82, 2.24) is 14.8 Å². The molecule has 4 aromatic carbocycles. The molecule has 9 heteroatoms. The van der Waals surface area contributed by atoms with Gasteiger partial charge in [-0.1, -0.05) is 56.3 Å². The van der Waals surface area contributed by atoms with Crippen molar-refractivity contribution in [3.05, 3.63) is 119 Å². The number of carboxylic acid groups (broad SMARTS) is 1. The second-order valence-corrected chi connectivity index (χ2v) is 13.1. The van der Waals surface area contributed by atoms with Crippen LogP contribution in [0.2, 0.25) is 0 Å². The monoisotopic (exact) mass is 662 g/mol. The first-order valence-electron chi connectivity index (χ1n) is 16.7. The number of fused-ring (bicyclic) bond motifs is 1. The Hall–Kier alpha value is -4.76. The second kappa shape index (κ2) is 15.4. The third kappa shape index (κ3) is 7.52. The SMILES string of the molecule is CCCOc1cc(Sc2nnc(COc3ccc(C)c4c3CCC4)n2-c2ccccc2)ccc1CNc1ccc(C(CC)C(=O)O)cc1.